The second-order valence-corrected chi connectivity index (χ2v) is 7.58. The number of aromatic nitrogens is 2. The first kappa shape index (κ1) is 17.8. The maximum atomic E-state index is 12.6. The Bertz CT molecular complexity index is 881. The lowest BCUT2D eigenvalue weighted by molar-refractivity contribution is -0.118. The number of hydrogen-bond acceptors (Lipinski definition) is 5. The maximum absolute atomic E-state index is 12.6. The molecule has 0 unspecified atom stereocenters. The molecule has 1 aromatic carbocycles. The lowest BCUT2D eigenvalue weighted by Gasteiger charge is -2.35. The van der Waals surface area contributed by atoms with E-state index >= 15 is 0 Å². The Morgan fingerprint density at radius 3 is 2.89 bits per heavy atom. The van der Waals surface area contributed by atoms with Crippen LogP contribution in [-0.2, 0) is 4.79 Å². The van der Waals surface area contributed by atoms with Crippen molar-refractivity contribution in [3.8, 4) is 11.3 Å². The van der Waals surface area contributed by atoms with Crippen molar-refractivity contribution in [1.29, 1.82) is 0 Å². The van der Waals surface area contributed by atoms with E-state index in [9.17, 15) is 4.79 Å². The minimum atomic E-state index is -0.0141. The zero-order valence-corrected chi connectivity index (χ0v) is 15.9. The van der Waals surface area contributed by atoms with Crippen molar-refractivity contribution >= 4 is 22.4 Å². The molecule has 3 heterocycles. The number of carbonyl (C=O) groups is 1. The SMILES string of the molecule is O=C(CN1CCCC[C@@H]1c1cccnc1)Nc1nc(-c2ccccc2)cs1. The number of carbonyl (C=O) groups excluding carboxylic acids is 1. The summed E-state index contributed by atoms with van der Waals surface area (Å²) in [6, 6.07) is 14.3. The highest BCUT2D eigenvalue weighted by Gasteiger charge is 2.26. The highest BCUT2D eigenvalue weighted by molar-refractivity contribution is 7.14. The molecule has 0 radical (unpaired) electrons. The van der Waals surface area contributed by atoms with Crippen molar-refractivity contribution in [3.05, 3.63) is 65.8 Å². The van der Waals surface area contributed by atoms with E-state index in [1.54, 1.807) is 6.20 Å². The first-order chi connectivity index (χ1) is 13.3. The predicted octanol–water partition coefficient (Wildman–Crippen LogP) is 4.37. The molecule has 1 amide bonds. The molecule has 1 aliphatic rings. The van der Waals surface area contributed by atoms with Gasteiger partial charge in [-0.15, -0.1) is 11.3 Å². The van der Waals surface area contributed by atoms with Crippen LogP contribution in [0, 0.1) is 0 Å². The van der Waals surface area contributed by atoms with Gasteiger partial charge in [-0.3, -0.25) is 14.7 Å². The van der Waals surface area contributed by atoms with E-state index in [1.165, 1.54) is 23.3 Å². The predicted molar refractivity (Wildman–Crippen MR) is 109 cm³/mol. The van der Waals surface area contributed by atoms with Crippen LogP contribution in [0.25, 0.3) is 11.3 Å². The monoisotopic (exact) mass is 378 g/mol. The number of likely N-dealkylation sites (tertiary alicyclic amines) is 1. The highest BCUT2D eigenvalue weighted by atomic mass is 32.1. The van der Waals surface area contributed by atoms with E-state index in [-0.39, 0.29) is 11.9 Å². The Morgan fingerprint density at radius 2 is 2.07 bits per heavy atom. The van der Waals surface area contributed by atoms with Gasteiger partial charge in [0.05, 0.1) is 12.2 Å². The minimum Gasteiger partial charge on any atom is -0.301 e. The molecule has 2 aromatic heterocycles. The van der Waals surface area contributed by atoms with E-state index in [1.807, 2.05) is 48.0 Å². The van der Waals surface area contributed by atoms with Crippen LogP contribution in [0.4, 0.5) is 5.13 Å². The summed E-state index contributed by atoms with van der Waals surface area (Å²) >= 11 is 1.46. The summed E-state index contributed by atoms with van der Waals surface area (Å²) in [7, 11) is 0. The van der Waals surface area contributed by atoms with Gasteiger partial charge in [0.25, 0.3) is 0 Å². The topological polar surface area (TPSA) is 58.1 Å². The van der Waals surface area contributed by atoms with E-state index in [2.05, 4.69) is 26.3 Å². The summed E-state index contributed by atoms with van der Waals surface area (Å²) in [5.74, 6) is -0.0141. The van der Waals surface area contributed by atoms with E-state index < -0.39 is 0 Å². The summed E-state index contributed by atoms with van der Waals surface area (Å²) in [6.07, 6.45) is 7.07. The molecular weight excluding hydrogens is 356 g/mol. The van der Waals surface area contributed by atoms with Crippen LogP contribution in [0.3, 0.4) is 0 Å². The van der Waals surface area contributed by atoms with Crippen LogP contribution in [0.2, 0.25) is 0 Å². The normalized spacial score (nSPS) is 17.6. The van der Waals surface area contributed by atoms with E-state index in [4.69, 9.17) is 0 Å². The number of benzene rings is 1. The Kier molecular flexibility index (Phi) is 5.55. The number of rotatable bonds is 5. The fraction of sp³-hybridized carbons (Fsp3) is 0.286. The molecule has 0 saturated carbocycles. The largest absolute Gasteiger partial charge is 0.301 e. The molecule has 1 saturated heterocycles. The van der Waals surface area contributed by atoms with Crippen LogP contribution in [0.15, 0.2) is 60.2 Å². The van der Waals surface area contributed by atoms with Crippen molar-refractivity contribution in [2.24, 2.45) is 0 Å². The molecule has 5 nitrogen and oxygen atoms in total. The van der Waals surface area contributed by atoms with Gasteiger partial charge in [-0.05, 0) is 31.0 Å². The van der Waals surface area contributed by atoms with E-state index in [0.717, 1.165) is 30.6 Å². The second-order valence-electron chi connectivity index (χ2n) is 6.72. The van der Waals surface area contributed by atoms with Gasteiger partial charge in [0.15, 0.2) is 5.13 Å². The average Bonchev–Trinajstić information content (AvgIpc) is 3.18. The molecule has 1 atom stereocenters. The molecule has 3 aromatic rings. The third-order valence-corrected chi connectivity index (χ3v) is 5.61. The Labute approximate surface area is 163 Å². The summed E-state index contributed by atoms with van der Waals surface area (Å²) in [4.78, 5) is 23.6. The zero-order chi connectivity index (χ0) is 18.5. The van der Waals surface area contributed by atoms with Gasteiger partial charge < -0.3 is 5.32 Å². The van der Waals surface area contributed by atoms with Crippen molar-refractivity contribution in [2.75, 3.05) is 18.4 Å². The average molecular weight is 379 g/mol. The molecule has 4 rings (SSSR count). The van der Waals surface area contributed by atoms with Crippen molar-refractivity contribution in [2.45, 2.75) is 25.3 Å². The van der Waals surface area contributed by atoms with Crippen molar-refractivity contribution < 1.29 is 4.79 Å². The van der Waals surface area contributed by atoms with Crippen LogP contribution in [0.5, 0.6) is 0 Å². The summed E-state index contributed by atoms with van der Waals surface area (Å²) in [5, 5.41) is 5.59. The zero-order valence-electron chi connectivity index (χ0n) is 15.0. The molecule has 27 heavy (non-hydrogen) atoms. The maximum Gasteiger partial charge on any atom is 0.240 e. The Balaban J connectivity index is 1.40. The van der Waals surface area contributed by atoms with Gasteiger partial charge in [-0.2, -0.15) is 0 Å². The molecular formula is C21H22N4OS. The summed E-state index contributed by atoms with van der Waals surface area (Å²) < 4.78 is 0. The Morgan fingerprint density at radius 1 is 1.19 bits per heavy atom. The number of piperidine rings is 1. The number of anilines is 1. The number of nitrogens with one attached hydrogen (secondary N) is 1. The molecule has 0 bridgehead atoms. The van der Waals surface area contributed by atoms with Gasteiger partial charge in [0.1, 0.15) is 0 Å². The van der Waals surface area contributed by atoms with Crippen LogP contribution in [-0.4, -0.2) is 33.9 Å². The lowest BCUT2D eigenvalue weighted by Crippen LogP contribution is -2.39. The summed E-state index contributed by atoms with van der Waals surface area (Å²) in [6.45, 7) is 1.31. The van der Waals surface area contributed by atoms with Gasteiger partial charge >= 0.3 is 0 Å². The number of nitrogens with zero attached hydrogens (tertiary/aromatic N) is 3. The molecule has 1 aliphatic heterocycles. The Hall–Kier alpha value is -2.57. The fourth-order valence-electron chi connectivity index (χ4n) is 3.55. The quantitative estimate of drug-likeness (QED) is 0.716. The van der Waals surface area contributed by atoms with Gasteiger partial charge in [-0.25, -0.2) is 4.98 Å². The number of hydrogen-bond donors (Lipinski definition) is 1. The van der Waals surface area contributed by atoms with Gasteiger partial charge in [0, 0.05) is 29.4 Å². The molecule has 0 aliphatic carbocycles. The number of amides is 1. The standard InChI is InChI=1S/C21H22N4OS/c26-20(24-21-23-18(15-27-21)16-7-2-1-3-8-16)14-25-12-5-4-10-19(25)17-9-6-11-22-13-17/h1-3,6-9,11,13,15,19H,4-5,10,12,14H2,(H,23,24,26)/t19-/m1/s1. The third-order valence-electron chi connectivity index (χ3n) is 4.85. The molecule has 0 spiro atoms. The number of pyridine rings is 1. The lowest BCUT2D eigenvalue weighted by atomic mass is 9.96. The minimum absolute atomic E-state index is 0.0141. The van der Waals surface area contributed by atoms with Gasteiger partial charge in [-0.1, -0.05) is 42.8 Å². The first-order valence-corrected chi connectivity index (χ1v) is 10.1. The van der Waals surface area contributed by atoms with E-state index in [0.29, 0.717) is 11.7 Å². The molecule has 6 heteroatoms. The molecule has 138 valence electrons. The van der Waals surface area contributed by atoms with Gasteiger partial charge in [0.2, 0.25) is 5.91 Å². The highest BCUT2D eigenvalue weighted by Crippen LogP contribution is 2.30. The smallest absolute Gasteiger partial charge is 0.240 e. The van der Waals surface area contributed by atoms with Crippen LogP contribution < -0.4 is 5.32 Å². The van der Waals surface area contributed by atoms with Crippen LogP contribution in [0.1, 0.15) is 30.9 Å². The fourth-order valence-corrected chi connectivity index (χ4v) is 4.28. The first-order valence-electron chi connectivity index (χ1n) is 9.24. The molecule has 1 N–H and O–H groups in total. The van der Waals surface area contributed by atoms with Crippen LogP contribution >= 0.6 is 11.3 Å². The second kappa shape index (κ2) is 8.41. The number of thiazole rings is 1. The molecule has 1 fully saturated rings. The van der Waals surface area contributed by atoms with Crippen molar-refractivity contribution in [1.82, 2.24) is 14.9 Å². The summed E-state index contributed by atoms with van der Waals surface area (Å²) in [5.41, 5.74) is 3.13. The van der Waals surface area contributed by atoms with Crippen molar-refractivity contribution in [3.63, 3.8) is 0 Å². The third kappa shape index (κ3) is 4.40.